The van der Waals surface area contributed by atoms with Crippen LogP contribution < -0.4 is 5.32 Å². The number of hydrogen-bond donors (Lipinski definition) is 2. The Morgan fingerprint density at radius 2 is 1.93 bits per heavy atom. The van der Waals surface area contributed by atoms with Gasteiger partial charge in [0.2, 0.25) is 0 Å². The summed E-state index contributed by atoms with van der Waals surface area (Å²) in [6.07, 6.45) is 7.34. The quantitative estimate of drug-likeness (QED) is 0.670. The lowest BCUT2D eigenvalue weighted by Gasteiger charge is -2.32. The molecule has 0 amide bonds. The molecule has 1 aliphatic carbocycles. The van der Waals surface area contributed by atoms with Crippen LogP contribution >= 0.6 is 23.6 Å². The number of rotatable bonds is 4. The summed E-state index contributed by atoms with van der Waals surface area (Å²) in [4.78, 5) is 9.71. The molecule has 1 aromatic heterocycles. The number of benzene rings is 1. The predicted octanol–water partition coefficient (Wildman–Crippen LogP) is 5.46. The van der Waals surface area contributed by atoms with Crippen molar-refractivity contribution in [3.63, 3.8) is 0 Å². The van der Waals surface area contributed by atoms with Crippen LogP contribution in [0.5, 0.6) is 5.75 Å². The summed E-state index contributed by atoms with van der Waals surface area (Å²) in [5, 5.41) is 16.9. The average Bonchev–Trinajstić information content (AvgIpc) is 3.18. The number of nitrogens with one attached hydrogen (secondary N) is 1. The minimum absolute atomic E-state index is 0.00379. The second-order valence-electron chi connectivity index (χ2n) is 7.40. The van der Waals surface area contributed by atoms with Crippen LogP contribution in [0, 0.1) is 0 Å². The number of thiocarbonyl (C=S) groups is 1. The molecule has 4 nitrogen and oxygen atoms in total. The Kier molecular flexibility index (Phi) is 5.55. The normalized spacial score (nSPS) is 23.7. The molecule has 2 aliphatic rings. The molecule has 2 unspecified atom stereocenters. The van der Waals surface area contributed by atoms with Crippen molar-refractivity contribution < 1.29 is 5.11 Å². The van der Waals surface area contributed by atoms with Gasteiger partial charge in [-0.15, -0.1) is 11.3 Å². The second kappa shape index (κ2) is 8.07. The fourth-order valence-electron chi connectivity index (χ4n) is 4.21. The van der Waals surface area contributed by atoms with Gasteiger partial charge in [0.05, 0.1) is 17.7 Å². The van der Waals surface area contributed by atoms with Crippen LogP contribution in [-0.4, -0.2) is 20.9 Å². The van der Waals surface area contributed by atoms with Crippen LogP contribution in [0.25, 0.3) is 0 Å². The molecular weight excluding hydrogens is 374 g/mol. The number of aromatic hydroxyl groups is 1. The van der Waals surface area contributed by atoms with Crippen LogP contribution in [0.3, 0.4) is 0 Å². The zero-order chi connectivity index (χ0) is 18.8. The predicted molar refractivity (Wildman–Crippen MR) is 115 cm³/mol. The smallest absolute Gasteiger partial charge is 0.193 e. The summed E-state index contributed by atoms with van der Waals surface area (Å²) in [5.41, 5.74) is 3.43. The number of aliphatic imine (C=N–C) groups is 1. The summed E-state index contributed by atoms with van der Waals surface area (Å²) in [5.74, 6) is 0.955. The molecule has 2 atom stereocenters. The number of aromatic nitrogens is 1. The lowest BCUT2D eigenvalue weighted by molar-refractivity contribution is 0.437. The Hall–Kier alpha value is -1.79. The first-order valence-electron chi connectivity index (χ1n) is 9.78. The number of phenols is 1. The summed E-state index contributed by atoms with van der Waals surface area (Å²) in [6.45, 7) is 2.13. The zero-order valence-corrected chi connectivity index (χ0v) is 17.2. The Morgan fingerprint density at radius 3 is 2.63 bits per heavy atom. The molecule has 0 saturated heterocycles. The molecule has 6 heteroatoms. The van der Waals surface area contributed by atoms with Crippen molar-refractivity contribution in [2.45, 2.75) is 63.3 Å². The van der Waals surface area contributed by atoms with Crippen molar-refractivity contribution in [3.8, 4) is 5.75 Å². The Labute approximate surface area is 169 Å². The van der Waals surface area contributed by atoms with Gasteiger partial charge in [-0.05, 0) is 49.2 Å². The molecular formula is C21H25N3OS2. The number of phenolic OH excluding ortho intramolecular Hbond substituents is 1. The van der Waals surface area contributed by atoms with Crippen LogP contribution in [0.2, 0.25) is 0 Å². The van der Waals surface area contributed by atoms with Crippen LogP contribution in [0.15, 0.2) is 34.6 Å². The van der Waals surface area contributed by atoms with E-state index in [9.17, 15) is 5.11 Å². The highest BCUT2D eigenvalue weighted by Crippen LogP contribution is 2.40. The average molecular weight is 400 g/mol. The van der Waals surface area contributed by atoms with E-state index in [1.807, 2.05) is 12.1 Å². The maximum Gasteiger partial charge on any atom is 0.193 e. The maximum absolute atomic E-state index is 9.66. The van der Waals surface area contributed by atoms with Crippen molar-refractivity contribution in [1.29, 1.82) is 0 Å². The van der Waals surface area contributed by atoms with Gasteiger partial charge in [-0.25, -0.2) is 9.98 Å². The number of hydrogen-bond acceptors (Lipinski definition) is 4. The maximum atomic E-state index is 9.66. The molecule has 27 heavy (non-hydrogen) atoms. The monoisotopic (exact) mass is 399 g/mol. The highest BCUT2D eigenvalue weighted by Gasteiger charge is 2.35. The van der Waals surface area contributed by atoms with Crippen molar-refractivity contribution in [2.75, 3.05) is 0 Å². The third kappa shape index (κ3) is 3.92. The van der Waals surface area contributed by atoms with E-state index in [0.717, 1.165) is 22.7 Å². The highest BCUT2D eigenvalue weighted by atomic mass is 32.1. The molecule has 0 radical (unpaired) electrons. The Balaban J connectivity index is 1.69. The van der Waals surface area contributed by atoms with Gasteiger partial charge in [-0.2, -0.15) is 0 Å². The van der Waals surface area contributed by atoms with Gasteiger partial charge < -0.3 is 10.4 Å². The van der Waals surface area contributed by atoms with E-state index in [-0.39, 0.29) is 17.7 Å². The fourth-order valence-corrected chi connectivity index (χ4v) is 5.52. The van der Waals surface area contributed by atoms with E-state index >= 15 is 0 Å². The number of nitrogens with zero attached hydrogens (tertiary/aromatic N) is 2. The first-order chi connectivity index (χ1) is 13.2. The highest BCUT2D eigenvalue weighted by molar-refractivity contribution is 7.80. The summed E-state index contributed by atoms with van der Waals surface area (Å²) < 4.78 is 0. The van der Waals surface area contributed by atoms with Gasteiger partial charge in [-0.3, -0.25) is 0 Å². The van der Waals surface area contributed by atoms with Gasteiger partial charge >= 0.3 is 0 Å². The zero-order valence-electron chi connectivity index (χ0n) is 15.5. The van der Waals surface area contributed by atoms with E-state index in [0.29, 0.717) is 11.0 Å². The molecule has 2 N–H and O–H groups in total. The number of thiazole rings is 1. The lowest BCUT2D eigenvalue weighted by Crippen LogP contribution is -2.39. The molecule has 1 aromatic carbocycles. The third-order valence-electron chi connectivity index (χ3n) is 5.66. The SMILES string of the molecule is CCC1=NC(=S)NC(c2ccc(O)cc2)C1c1nc(C2CCCCC2)cs1. The van der Waals surface area contributed by atoms with Gasteiger partial charge in [-0.1, -0.05) is 38.3 Å². The first-order valence-corrected chi connectivity index (χ1v) is 11.1. The van der Waals surface area contributed by atoms with Crippen molar-refractivity contribution in [1.82, 2.24) is 10.3 Å². The van der Waals surface area contributed by atoms with Crippen LogP contribution in [0.4, 0.5) is 0 Å². The molecule has 4 rings (SSSR count). The third-order valence-corrected chi connectivity index (χ3v) is 6.82. The molecule has 0 bridgehead atoms. The van der Waals surface area contributed by atoms with E-state index in [1.54, 1.807) is 23.5 Å². The molecule has 1 saturated carbocycles. The van der Waals surface area contributed by atoms with Crippen molar-refractivity contribution >= 4 is 34.4 Å². The first kappa shape index (κ1) is 18.6. The molecule has 142 valence electrons. The standard InChI is InChI=1S/C21H25N3OS2/c1-2-16-18(20-22-17(12-27-20)13-6-4-3-5-7-13)19(24-21(26)23-16)14-8-10-15(25)11-9-14/h8-13,18-19,25H,2-7H2,1H3,(H,24,26). The van der Waals surface area contributed by atoms with Gasteiger partial charge in [0.1, 0.15) is 10.8 Å². The van der Waals surface area contributed by atoms with Crippen LogP contribution in [-0.2, 0) is 0 Å². The van der Waals surface area contributed by atoms with Gasteiger partial charge in [0, 0.05) is 17.0 Å². The molecule has 2 aromatic rings. The minimum Gasteiger partial charge on any atom is -0.508 e. The lowest BCUT2D eigenvalue weighted by atomic mass is 9.86. The molecule has 0 spiro atoms. The Morgan fingerprint density at radius 1 is 1.19 bits per heavy atom. The fraction of sp³-hybridized carbons (Fsp3) is 0.476. The van der Waals surface area contributed by atoms with Gasteiger partial charge in [0.15, 0.2) is 5.11 Å². The van der Waals surface area contributed by atoms with E-state index in [4.69, 9.17) is 17.2 Å². The summed E-state index contributed by atoms with van der Waals surface area (Å²) in [7, 11) is 0. The Bertz CT molecular complexity index is 837. The van der Waals surface area contributed by atoms with Crippen LogP contribution in [0.1, 0.15) is 79.6 Å². The summed E-state index contributed by atoms with van der Waals surface area (Å²) in [6, 6.07) is 7.36. The topological polar surface area (TPSA) is 57.5 Å². The molecule has 1 aliphatic heterocycles. The van der Waals surface area contributed by atoms with Crippen molar-refractivity contribution in [2.24, 2.45) is 4.99 Å². The molecule has 1 fully saturated rings. The van der Waals surface area contributed by atoms with E-state index < -0.39 is 0 Å². The second-order valence-corrected chi connectivity index (χ2v) is 8.67. The van der Waals surface area contributed by atoms with E-state index in [2.05, 4.69) is 22.6 Å². The van der Waals surface area contributed by atoms with Gasteiger partial charge in [0.25, 0.3) is 0 Å². The van der Waals surface area contributed by atoms with E-state index in [1.165, 1.54) is 37.8 Å². The van der Waals surface area contributed by atoms with Crippen molar-refractivity contribution in [3.05, 3.63) is 45.9 Å². The minimum atomic E-state index is -0.00379. The largest absolute Gasteiger partial charge is 0.508 e. The molecule has 2 heterocycles. The summed E-state index contributed by atoms with van der Waals surface area (Å²) >= 11 is 7.14.